The first-order valence-electron chi connectivity index (χ1n) is 8.96. The Balaban J connectivity index is 1.89. The average Bonchev–Trinajstić information content (AvgIpc) is 2.71. The van der Waals surface area contributed by atoms with Gasteiger partial charge in [-0.05, 0) is 54.0 Å². The van der Waals surface area contributed by atoms with Crippen molar-refractivity contribution < 1.29 is 14.3 Å². The van der Waals surface area contributed by atoms with Crippen molar-refractivity contribution in [3.63, 3.8) is 0 Å². The van der Waals surface area contributed by atoms with Gasteiger partial charge in [-0.3, -0.25) is 4.79 Å². The Kier molecular flexibility index (Phi) is 8.14. The maximum Gasteiger partial charge on any atom is 0.331 e. The third kappa shape index (κ3) is 6.29. The van der Waals surface area contributed by atoms with Gasteiger partial charge in [-0.1, -0.05) is 44.2 Å². The Labute approximate surface area is 165 Å². The molecule has 2 aromatic rings. The summed E-state index contributed by atoms with van der Waals surface area (Å²) in [6.07, 6.45) is 6.66. The summed E-state index contributed by atoms with van der Waals surface area (Å²) in [6, 6.07) is 13.8. The highest BCUT2D eigenvalue weighted by Gasteiger charge is 2.11. The van der Waals surface area contributed by atoms with E-state index in [0.29, 0.717) is 0 Å². The van der Waals surface area contributed by atoms with Crippen LogP contribution in [0.5, 0.6) is 0 Å². The number of ether oxygens (including phenoxy) is 1. The lowest BCUT2D eigenvalue weighted by atomic mass is 10.0. The molecule has 0 aromatic heterocycles. The molecular formula is C22H25NO3S. The SMILES string of the molecule is CCc1cccc(CC)c1NC(=O)COC(=O)/C=C/c1ccc(SC)cc1. The van der Waals surface area contributed by atoms with Crippen molar-refractivity contribution in [3.8, 4) is 0 Å². The normalized spacial score (nSPS) is 10.8. The second kappa shape index (κ2) is 10.6. The van der Waals surface area contributed by atoms with Crippen LogP contribution < -0.4 is 5.32 Å². The van der Waals surface area contributed by atoms with Crippen LogP contribution in [0.4, 0.5) is 5.69 Å². The van der Waals surface area contributed by atoms with Crippen molar-refractivity contribution in [2.24, 2.45) is 0 Å². The molecule has 0 heterocycles. The molecular weight excluding hydrogens is 358 g/mol. The lowest BCUT2D eigenvalue weighted by molar-refractivity contribution is -0.142. The number of nitrogens with one attached hydrogen (secondary N) is 1. The Morgan fingerprint density at radius 2 is 1.67 bits per heavy atom. The standard InChI is InChI=1S/C22H25NO3S/c1-4-17-7-6-8-18(5-2)22(17)23-20(24)15-26-21(25)14-11-16-9-12-19(27-3)13-10-16/h6-14H,4-5,15H2,1-3H3,(H,23,24)/b14-11+. The molecule has 4 nitrogen and oxygen atoms in total. The van der Waals surface area contributed by atoms with Gasteiger partial charge in [-0.15, -0.1) is 11.8 Å². The smallest absolute Gasteiger partial charge is 0.331 e. The topological polar surface area (TPSA) is 55.4 Å². The molecule has 0 atom stereocenters. The highest BCUT2D eigenvalue weighted by atomic mass is 32.2. The van der Waals surface area contributed by atoms with Crippen LogP contribution in [0.1, 0.15) is 30.5 Å². The minimum absolute atomic E-state index is 0.310. The Morgan fingerprint density at radius 3 is 2.22 bits per heavy atom. The number of carbonyl (C=O) groups excluding carboxylic acids is 2. The summed E-state index contributed by atoms with van der Waals surface area (Å²) in [5.74, 6) is -0.879. The van der Waals surface area contributed by atoms with Gasteiger partial charge in [0.1, 0.15) is 0 Å². The second-order valence-electron chi connectivity index (χ2n) is 5.92. The zero-order chi connectivity index (χ0) is 19.6. The van der Waals surface area contributed by atoms with E-state index in [1.807, 2.05) is 62.6 Å². The maximum absolute atomic E-state index is 12.2. The first-order chi connectivity index (χ1) is 13.1. The number of thioether (sulfide) groups is 1. The summed E-state index contributed by atoms with van der Waals surface area (Å²) in [6.45, 7) is 3.78. The van der Waals surface area contributed by atoms with E-state index < -0.39 is 5.97 Å². The van der Waals surface area contributed by atoms with Crippen LogP contribution in [-0.4, -0.2) is 24.7 Å². The first-order valence-corrected chi connectivity index (χ1v) is 10.2. The summed E-state index contributed by atoms with van der Waals surface area (Å²) in [4.78, 5) is 25.2. The van der Waals surface area contributed by atoms with Gasteiger partial charge < -0.3 is 10.1 Å². The summed E-state index contributed by atoms with van der Waals surface area (Å²) >= 11 is 1.66. The number of benzene rings is 2. The van der Waals surface area contributed by atoms with E-state index in [2.05, 4.69) is 5.32 Å². The number of esters is 1. The molecule has 0 saturated carbocycles. The van der Waals surface area contributed by atoms with E-state index in [0.717, 1.165) is 40.1 Å². The van der Waals surface area contributed by atoms with Crippen molar-refractivity contribution in [2.45, 2.75) is 31.6 Å². The van der Waals surface area contributed by atoms with Crippen molar-refractivity contribution in [1.82, 2.24) is 0 Å². The molecule has 1 N–H and O–H groups in total. The number of para-hydroxylation sites is 1. The molecule has 5 heteroatoms. The molecule has 0 fully saturated rings. The van der Waals surface area contributed by atoms with Crippen LogP contribution in [0.25, 0.3) is 6.08 Å². The number of carbonyl (C=O) groups is 2. The molecule has 27 heavy (non-hydrogen) atoms. The first kappa shape index (κ1) is 20.8. The number of anilines is 1. The van der Waals surface area contributed by atoms with E-state index in [1.165, 1.54) is 6.08 Å². The maximum atomic E-state index is 12.2. The van der Waals surface area contributed by atoms with E-state index in [4.69, 9.17) is 4.74 Å². The Hall–Kier alpha value is -2.53. The fraction of sp³-hybridized carbons (Fsp3) is 0.273. The van der Waals surface area contributed by atoms with E-state index in [9.17, 15) is 9.59 Å². The van der Waals surface area contributed by atoms with E-state index in [-0.39, 0.29) is 12.5 Å². The fourth-order valence-electron chi connectivity index (χ4n) is 2.64. The van der Waals surface area contributed by atoms with Gasteiger partial charge in [0, 0.05) is 16.7 Å². The minimum Gasteiger partial charge on any atom is -0.452 e. The summed E-state index contributed by atoms with van der Waals surface area (Å²) in [5.41, 5.74) is 3.87. The van der Waals surface area contributed by atoms with Gasteiger partial charge >= 0.3 is 5.97 Å². The number of hydrogen-bond acceptors (Lipinski definition) is 4. The van der Waals surface area contributed by atoms with Gasteiger partial charge in [0.2, 0.25) is 0 Å². The third-order valence-corrected chi connectivity index (χ3v) is 4.88. The van der Waals surface area contributed by atoms with Crippen LogP contribution >= 0.6 is 11.8 Å². The van der Waals surface area contributed by atoms with Gasteiger partial charge in [0.05, 0.1) is 0 Å². The van der Waals surface area contributed by atoms with Crippen molar-refractivity contribution in [2.75, 3.05) is 18.2 Å². The molecule has 0 aliphatic heterocycles. The third-order valence-electron chi connectivity index (χ3n) is 4.14. The molecule has 0 spiro atoms. The van der Waals surface area contributed by atoms with Crippen molar-refractivity contribution >= 4 is 35.4 Å². The largest absolute Gasteiger partial charge is 0.452 e. The van der Waals surface area contributed by atoms with E-state index in [1.54, 1.807) is 17.8 Å². The minimum atomic E-state index is -0.543. The highest BCUT2D eigenvalue weighted by Crippen LogP contribution is 2.22. The highest BCUT2D eigenvalue weighted by molar-refractivity contribution is 7.98. The molecule has 142 valence electrons. The zero-order valence-electron chi connectivity index (χ0n) is 16.0. The molecule has 0 saturated heterocycles. The summed E-state index contributed by atoms with van der Waals surface area (Å²) in [7, 11) is 0. The second-order valence-corrected chi connectivity index (χ2v) is 6.80. The summed E-state index contributed by atoms with van der Waals surface area (Å²) < 4.78 is 5.05. The predicted molar refractivity (Wildman–Crippen MR) is 112 cm³/mol. The van der Waals surface area contributed by atoms with Crippen LogP contribution in [0.3, 0.4) is 0 Å². The molecule has 2 rings (SSSR count). The Bertz CT molecular complexity index is 791. The van der Waals surface area contributed by atoms with Crippen LogP contribution in [-0.2, 0) is 27.2 Å². The lowest BCUT2D eigenvalue weighted by Crippen LogP contribution is -2.21. The molecule has 2 aromatic carbocycles. The number of aryl methyl sites for hydroxylation is 2. The molecule has 0 unspecified atom stereocenters. The number of hydrogen-bond donors (Lipinski definition) is 1. The molecule has 0 aliphatic carbocycles. The Morgan fingerprint density at radius 1 is 1.04 bits per heavy atom. The molecule has 0 aliphatic rings. The predicted octanol–water partition coefficient (Wildman–Crippen LogP) is 4.73. The molecule has 1 amide bonds. The van der Waals surface area contributed by atoms with Gasteiger partial charge in [0.15, 0.2) is 6.61 Å². The van der Waals surface area contributed by atoms with Crippen LogP contribution in [0.2, 0.25) is 0 Å². The van der Waals surface area contributed by atoms with Crippen LogP contribution in [0, 0.1) is 0 Å². The number of amides is 1. The van der Waals surface area contributed by atoms with Gasteiger partial charge in [-0.25, -0.2) is 4.79 Å². The average molecular weight is 384 g/mol. The molecule has 0 radical (unpaired) electrons. The lowest BCUT2D eigenvalue weighted by Gasteiger charge is -2.14. The van der Waals surface area contributed by atoms with Gasteiger partial charge in [-0.2, -0.15) is 0 Å². The van der Waals surface area contributed by atoms with E-state index >= 15 is 0 Å². The fourth-order valence-corrected chi connectivity index (χ4v) is 3.05. The zero-order valence-corrected chi connectivity index (χ0v) is 16.8. The van der Waals surface area contributed by atoms with Crippen molar-refractivity contribution in [3.05, 3.63) is 65.2 Å². The summed E-state index contributed by atoms with van der Waals surface area (Å²) in [5, 5.41) is 2.88. The van der Waals surface area contributed by atoms with Crippen LogP contribution in [0.15, 0.2) is 53.4 Å². The van der Waals surface area contributed by atoms with Crippen molar-refractivity contribution in [1.29, 1.82) is 0 Å². The quantitative estimate of drug-likeness (QED) is 0.407. The van der Waals surface area contributed by atoms with Gasteiger partial charge in [0.25, 0.3) is 5.91 Å². The monoisotopic (exact) mass is 383 g/mol. The molecule has 0 bridgehead atoms. The number of rotatable bonds is 8.